The Hall–Kier alpha value is -0.740. The Kier molecular flexibility index (Phi) is 16.2. The molecule has 0 heterocycles. The molecule has 0 amide bonds. The van der Waals surface area contributed by atoms with Crippen LogP contribution in [-0.2, 0) is 0 Å². The number of aryl methyl sites for hydroxylation is 2. The number of rotatable bonds is 20. The third kappa shape index (κ3) is 10.6. The summed E-state index contributed by atoms with van der Waals surface area (Å²) in [6.45, 7) is 10.4. The lowest BCUT2D eigenvalue weighted by molar-refractivity contribution is 0.256. The van der Waals surface area contributed by atoms with Crippen LogP contribution in [0.15, 0.2) is 21.1 Å². The third-order valence-electron chi connectivity index (χ3n) is 7.24. The number of benzene rings is 2. The molecular formula is C32H50Br2O2. The van der Waals surface area contributed by atoms with E-state index in [1.165, 1.54) is 112 Å². The van der Waals surface area contributed by atoms with E-state index >= 15 is 0 Å². The molecule has 0 aliphatic heterocycles. The molecule has 0 spiro atoms. The molecule has 204 valence electrons. The van der Waals surface area contributed by atoms with Crippen LogP contribution in [0.25, 0.3) is 10.8 Å². The number of halogens is 2. The second-order valence-corrected chi connectivity index (χ2v) is 12.1. The summed E-state index contributed by atoms with van der Waals surface area (Å²) in [6, 6.07) is 4.40. The van der Waals surface area contributed by atoms with Crippen LogP contribution in [0.3, 0.4) is 0 Å². The zero-order chi connectivity index (χ0) is 26.2. The molecule has 2 aromatic carbocycles. The highest BCUT2D eigenvalue weighted by Gasteiger charge is 2.19. The van der Waals surface area contributed by atoms with Crippen LogP contribution in [0.4, 0.5) is 0 Å². The van der Waals surface area contributed by atoms with E-state index in [1.807, 2.05) is 0 Å². The Morgan fingerprint density at radius 1 is 0.500 bits per heavy atom. The van der Waals surface area contributed by atoms with Crippen molar-refractivity contribution < 1.29 is 9.47 Å². The van der Waals surface area contributed by atoms with Gasteiger partial charge >= 0.3 is 0 Å². The molecule has 0 aliphatic rings. The van der Waals surface area contributed by atoms with Crippen molar-refractivity contribution in [3.63, 3.8) is 0 Å². The van der Waals surface area contributed by atoms with Gasteiger partial charge in [0, 0.05) is 20.1 Å². The first kappa shape index (κ1) is 31.5. The van der Waals surface area contributed by atoms with E-state index in [0.717, 1.165) is 46.5 Å². The van der Waals surface area contributed by atoms with Crippen LogP contribution in [0.2, 0.25) is 0 Å². The van der Waals surface area contributed by atoms with Crippen molar-refractivity contribution in [1.82, 2.24) is 0 Å². The molecule has 0 unspecified atom stereocenters. The fraction of sp³-hybridized carbons (Fsp3) is 0.688. The van der Waals surface area contributed by atoms with Gasteiger partial charge in [-0.25, -0.2) is 0 Å². The van der Waals surface area contributed by atoms with Crippen molar-refractivity contribution in [2.45, 2.75) is 130 Å². The van der Waals surface area contributed by atoms with Gasteiger partial charge in [-0.2, -0.15) is 0 Å². The van der Waals surface area contributed by atoms with Gasteiger partial charge in [-0.05, 0) is 81.5 Å². The SMILES string of the molecule is CCCCCCCCCCOc1c(OCCCCCCCCCC)c(C)c2cc(Br)c(Br)cc2c1C. The Bertz CT molecular complexity index is 821. The van der Waals surface area contributed by atoms with E-state index in [-0.39, 0.29) is 0 Å². The highest BCUT2D eigenvalue weighted by Crippen LogP contribution is 2.43. The highest BCUT2D eigenvalue weighted by molar-refractivity contribution is 9.13. The van der Waals surface area contributed by atoms with E-state index in [2.05, 4.69) is 71.7 Å². The average molecular weight is 627 g/mol. The minimum absolute atomic E-state index is 0.757. The molecule has 0 radical (unpaired) electrons. The number of fused-ring (bicyclic) bond motifs is 1. The van der Waals surface area contributed by atoms with Crippen molar-refractivity contribution >= 4 is 42.6 Å². The number of hydrogen-bond donors (Lipinski definition) is 0. The minimum atomic E-state index is 0.757. The third-order valence-corrected chi connectivity index (χ3v) is 9.09. The smallest absolute Gasteiger partial charge is 0.164 e. The van der Waals surface area contributed by atoms with Crippen LogP contribution in [0, 0.1) is 13.8 Å². The first-order valence-corrected chi connectivity index (χ1v) is 16.3. The summed E-state index contributed by atoms with van der Waals surface area (Å²) >= 11 is 7.38. The maximum Gasteiger partial charge on any atom is 0.164 e. The zero-order valence-corrected chi connectivity index (χ0v) is 26.6. The summed E-state index contributed by atoms with van der Waals surface area (Å²) < 4.78 is 15.0. The van der Waals surface area contributed by atoms with Crippen molar-refractivity contribution in [2.75, 3.05) is 13.2 Å². The fourth-order valence-corrected chi connectivity index (χ4v) is 5.61. The van der Waals surface area contributed by atoms with Crippen molar-refractivity contribution in [3.05, 3.63) is 32.2 Å². The average Bonchev–Trinajstić information content (AvgIpc) is 2.87. The Balaban J connectivity index is 1.98. The minimum Gasteiger partial charge on any atom is -0.489 e. The van der Waals surface area contributed by atoms with Gasteiger partial charge in [0.25, 0.3) is 0 Å². The standard InChI is InChI=1S/C32H50Br2O2/c1-5-7-9-11-13-15-17-19-21-35-31-25(3)27-23-29(33)30(34)24-28(27)26(4)32(31)36-22-20-18-16-14-12-10-8-6-2/h23-24H,5-22H2,1-4H3. The molecule has 0 fully saturated rings. The summed E-state index contributed by atoms with van der Waals surface area (Å²) in [5.41, 5.74) is 2.35. The largest absolute Gasteiger partial charge is 0.489 e. The van der Waals surface area contributed by atoms with Gasteiger partial charge in [-0.1, -0.05) is 104 Å². The molecule has 0 saturated carbocycles. The Labute approximate surface area is 238 Å². The predicted octanol–water partition coefficient (Wildman–Crippen LogP) is 12.0. The summed E-state index contributed by atoms with van der Waals surface area (Å²) in [6.07, 6.45) is 20.9. The normalized spacial score (nSPS) is 11.4. The zero-order valence-electron chi connectivity index (χ0n) is 23.5. The van der Waals surface area contributed by atoms with Crippen LogP contribution in [0.1, 0.15) is 128 Å². The van der Waals surface area contributed by atoms with Gasteiger partial charge in [0.15, 0.2) is 11.5 Å². The molecule has 0 aliphatic carbocycles. The molecule has 0 aromatic heterocycles. The molecule has 2 aromatic rings. The number of unbranched alkanes of at least 4 members (excludes halogenated alkanes) is 14. The second-order valence-electron chi connectivity index (χ2n) is 10.4. The van der Waals surface area contributed by atoms with Gasteiger partial charge in [0.05, 0.1) is 13.2 Å². The molecule has 0 N–H and O–H groups in total. The lowest BCUT2D eigenvalue weighted by Gasteiger charge is -2.20. The van der Waals surface area contributed by atoms with Gasteiger partial charge in [-0.3, -0.25) is 0 Å². The van der Waals surface area contributed by atoms with E-state index in [0.29, 0.717) is 0 Å². The summed E-state index contributed by atoms with van der Waals surface area (Å²) in [4.78, 5) is 0. The molecular weight excluding hydrogens is 576 g/mol. The summed E-state index contributed by atoms with van der Waals surface area (Å²) in [5, 5.41) is 2.46. The predicted molar refractivity (Wildman–Crippen MR) is 165 cm³/mol. The summed E-state index contributed by atoms with van der Waals surface area (Å²) in [7, 11) is 0. The molecule has 36 heavy (non-hydrogen) atoms. The van der Waals surface area contributed by atoms with E-state index < -0.39 is 0 Å². The quantitative estimate of drug-likeness (QED) is 0.136. The van der Waals surface area contributed by atoms with Crippen molar-refractivity contribution in [2.24, 2.45) is 0 Å². The number of ether oxygens (including phenoxy) is 2. The summed E-state index contributed by atoms with van der Waals surface area (Å²) in [5.74, 6) is 1.88. The van der Waals surface area contributed by atoms with Crippen molar-refractivity contribution in [3.8, 4) is 11.5 Å². The molecule has 0 atom stereocenters. The molecule has 4 heteroatoms. The molecule has 2 nitrogen and oxygen atoms in total. The maximum atomic E-state index is 6.45. The van der Waals surface area contributed by atoms with Crippen LogP contribution in [0.5, 0.6) is 11.5 Å². The van der Waals surface area contributed by atoms with Gasteiger partial charge < -0.3 is 9.47 Å². The van der Waals surface area contributed by atoms with Crippen molar-refractivity contribution in [1.29, 1.82) is 0 Å². The first-order valence-electron chi connectivity index (χ1n) is 14.7. The van der Waals surface area contributed by atoms with E-state index in [4.69, 9.17) is 9.47 Å². The molecule has 0 saturated heterocycles. The highest BCUT2D eigenvalue weighted by atomic mass is 79.9. The molecule has 2 rings (SSSR count). The fourth-order valence-electron chi connectivity index (χ4n) is 4.92. The monoisotopic (exact) mass is 624 g/mol. The number of hydrogen-bond acceptors (Lipinski definition) is 2. The van der Waals surface area contributed by atoms with Gasteiger partial charge in [0.2, 0.25) is 0 Å². The van der Waals surface area contributed by atoms with Crippen LogP contribution >= 0.6 is 31.9 Å². The Morgan fingerprint density at radius 2 is 0.806 bits per heavy atom. The molecule has 0 bridgehead atoms. The van der Waals surface area contributed by atoms with E-state index in [9.17, 15) is 0 Å². The second kappa shape index (κ2) is 18.5. The van der Waals surface area contributed by atoms with Gasteiger partial charge in [0.1, 0.15) is 0 Å². The lowest BCUT2D eigenvalue weighted by atomic mass is 9.98. The van der Waals surface area contributed by atoms with E-state index in [1.54, 1.807) is 0 Å². The topological polar surface area (TPSA) is 18.5 Å². The lowest BCUT2D eigenvalue weighted by Crippen LogP contribution is -2.06. The Morgan fingerprint density at radius 3 is 1.14 bits per heavy atom. The van der Waals surface area contributed by atoms with Crippen LogP contribution in [-0.4, -0.2) is 13.2 Å². The maximum absolute atomic E-state index is 6.45. The van der Waals surface area contributed by atoms with Gasteiger partial charge in [-0.15, -0.1) is 0 Å². The first-order chi connectivity index (χ1) is 17.5. The van der Waals surface area contributed by atoms with Crippen LogP contribution < -0.4 is 9.47 Å².